The van der Waals surface area contributed by atoms with Crippen molar-refractivity contribution in [2.75, 3.05) is 5.32 Å². The molecule has 0 heterocycles. The number of benzene rings is 1. The Kier molecular flexibility index (Phi) is 5.32. The molecular formula is C12H12ClN3O4. The Morgan fingerprint density at radius 1 is 1.45 bits per heavy atom. The molecule has 0 aliphatic rings. The fourth-order valence-electron chi connectivity index (χ4n) is 1.37. The van der Waals surface area contributed by atoms with Crippen LogP contribution in [-0.4, -0.2) is 34.4 Å². The van der Waals surface area contributed by atoms with Gasteiger partial charge in [-0.2, -0.15) is 5.26 Å². The summed E-state index contributed by atoms with van der Waals surface area (Å²) in [6.45, 7) is 1.24. The molecule has 1 aromatic carbocycles. The zero-order valence-electron chi connectivity index (χ0n) is 10.4. The van der Waals surface area contributed by atoms with Gasteiger partial charge >= 0.3 is 12.0 Å². The molecule has 4 N–H and O–H groups in total. The summed E-state index contributed by atoms with van der Waals surface area (Å²) in [5.41, 5.74) is 0.547. The summed E-state index contributed by atoms with van der Waals surface area (Å²) < 4.78 is 0. The van der Waals surface area contributed by atoms with Gasteiger partial charge < -0.3 is 20.8 Å². The molecular weight excluding hydrogens is 286 g/mol. The first-order chi connectivity index (χ1) is 9.35. The molecule has 8 heteroatoms. The van der Waals surface area contributed by atoms with Crippen LogP contribution in [0, 0.1) is 11.3 Å². The van der Waals surface area contributed by atoms with Gasteiger partial charge in [-0.15, -0.1) is 0 Å². The Morgan fingerprint density at radius 3 is 2.55 bits per heavy atom. The second-order valence-electron chi connectivity index (χ2n) is 3.96. The summed E-state index contributed by atoms with van der Waals surface area (Å²) in [6.07, 6.45) is -1.25. The second kappa shape index (κ2) is 6.75. The minimum absolute atomic E-state index is 0.142. The summed E-state index contributed by atoms with van der Waals surface area (Å²) in [6, 6.07) is 3.85. The van der Waals surface area contributed by atoms with Crippen LogP contribution in [0.4, 0.5) is 10.5 Å². The molecule has 2 amide bonds. The lowest BCUT2D eigenvalue weighted by Gasteiger charge is -2.17. The van der Waals surface area contributed by atoms with Gasteiger partial charge in [-0.25, -0.2) is 9.59 Å². The number of urea groups is 1. The van der Waals surface area contributed by atoms with E-state index in [0.29, 0.717) is 5.56 Å². The van der Waals surface area contributed by atoms with E-state index in [2.05, 4.69) is 10.6 Å². The fourth-order valence-corrected chi connectivity index (χ4v) is 1.60. The van der Waals surface area contributed by atoms with Gasteiger partial charge in [-0.05, 0) is 25.1 Å². The first-order valence-corrected chi connectivity index (χ1v) is 5.91. The lowest BCUT2D eigenvalue weighted by molar-refractivity contribution is -0.141. The van der Waals surface area contributed by atoms with Crippen molar-refractivity contribution in [2.24, 2.45) is 0 Å². The molecule has 106 valence electrons. The number of nitrogens with one attached hydrogen (secondary N) is 2. The molecule has 0 saturated carbocycles. The molecule has 0 aliphatic carbocycles. The highest BCUT2D eigenvalue weighted by Gasteiger charge is 2.25. The molecule has 7 nitrogen and oxygen atoms in total. The predicted molar refractivity (Wildman–Crippen MR) is 71.4 cm³/mol. The van der Waals surface area contributed by atoms with Crippen LogP contribution in [0.15, 0.2) is 18.2 Å². The van der Waals surface area contributed by atoms with Crippen LogP contribution in [0.25, 0.3) is 0 Å². The zero-order chi connectivity index (χ0) is 15.3. The molecule has 0 aromatic heterocycles. The van der Waals surface area contributed by atoms with Crippen molar-refractivity contribution in [3.63, 3.8) is 0 Å². The van der Waals surface area contributed by atoms with Crippen LogP contribution in [0.1, 0.15) is 12.5 Å². The van der Waals surface area contributed by atoms with Crippen LogP contribution in [-0.2, 0) is 4.79 Å². The standard InChI is InChI=1S/C12H12ClN3O4/c1-6(17)10(11(18)19)16-12(20)15-9-3-2-7(5-14)4-8(9)13/h2-4,6,10,17H,1H3,(H,18,19)(H2,15,16,20). The van der Waals surface area contributed by atoms with E-state index >= 15 is 0 Å². The Balaban J connectivity index is 2.76. The number of amides is 2. The Bertz CT molecular complexity index is 568. The summed E-state index contributed by atoms with van der Waals surface area (Å²) in [5, 5.41) is 31.3. The first kappa shape index (κ1) is 15.8. The molecule has 0 spiro atoms. The third-order valence-corrected chi connectivity index (χ3v) is 2.69. The molecule has 0 fully saturated rings. The molecule has 0 saturated heterocycles. The molecule has 0 bridgehead atoms. The second-order valence-corrected chi connectivity index (χ2v) is 4.37. The predicted octanol–water partition coefficient (Wildman–Crippen LogP) is 1.17. The van der Waals surface area contributed by atoms with Gasteiger partial charge in [0.1, 0.15) is 0 Å². The number of carbonyl (C=O) groups is 2. The SMILES string of the molecule is CC(O)C(NC(=O)Nc1ccc(C#N)cc1Cl)C(=O)O. The molecule has 0 radical (unpaired) electrons. The molecule has 1 rings (SSSR count). The number of carboxylic acids is 1. The van der Waals surface area contributed by atoms with Crippen LogP contribution in [0.5, 0.6) is 0 Å². The van der Waals surface area contributed by atoms with Crippen molar-refractivity contribution in [1.29, 1.82) is 5.26 Å². The number of carbonyl (C=O) groups excluding carboxylic acids is 1. The van der Waals surface area contributed by atoms with Gasteiger partial charge in [0.25, 0.3) is 0 Å². The van der Waals surface area contributed by atoms with Crippen LogP contribution < -0.4 is 10.6 Å². The van der Waals surface area contributed by atoms with Crippen LogP contribution in [0.3, 0.4) is 0 Å². The molecule has 2 atom stereocenters. The van der Waals surface area contributed by atoms with Crippen LogP contribution in [0.2, 0.25) is 5.02 Å². The van der Waals surface area contributed by atoms with E-state index < -0.39 is 24.1 Å². The lowest BCUT2D eigenvalue weighted by Crippen LogP contribution is -2.49. The summed E-state index contributed by atoms with van der Waals surface area (Å²) in [4.78, 5) is 22.4. The zero-order valence-corrected chi connectivity index (χ0v) is 11.2. The minimum Gasteiger partial charge on any atom is -0.480 e. The Hall–Kier alpha value is -2.30. The molecule has 0 aliphatic heterocycles. The van der Waals surface area contributed by atoms with Crippen molar-refractivity contribution in [2.45, 2.75) is 19.1 Å². The molecule has 20 heavy (non-hydrogen) atoms. The lowest BCUT2D eigenvalue weighted by atomic mass is 10.2. The van der Waals surface area contributed by atoms with E-state index in [1.807, 2.05) is 6.07 Å². The largest absolute Gasteiger partial charge is 0.480 e. The monoisotopic (exact) mass is 297 g/mol. The van der Waals surface area contributed by atoms with E-state index in [-0.39, 0.29) is 10.7 Å². The first-order valence-electron chi connectivity index (χ1n) is 5.53. The third-order valence-electron chi connectivity index (χ3n) is 2.38. The van der Waals surface area contributed by atoms with Crippen molar-refractivity contribution in [3.8, 4) is 6.07 Å². The van der Waals surface area contributed by atoms with E-state index in [1.165, 1.54) is 25.1 Å². The highest BCUT2D eigenvalue weighted by Crippen LogP contribution is 2.22. The fraction of sp³-hybridized carbons (Fsp3) is 0.250. The normalized spacial score (nSPS) is 12.9. The van der Waals surface area contributed by atoms with Gasteiger partial charge in [0.2, 0.25) is 0 Å². The van der Waals surface area contributed by atoms with Crippen molar-refractivity contribution in [1.82, 2.24) is 5.32 Å². The summed E-state index contributed by atoms with van der Waals surface area (Å²) in [7, 11) is 0. The number of rotatable bonds is 4. The van der Waals surface area contributed by atoms with Gasteiger partial charge in [0, 0.05) is 0 Å². The topological polar surface area (TPSA) is 122 Å². The number of halogens is 1. The van der Waals surface area contributed by atoms with Crippen molar-refractivity contribution in [3.05, 3.63) is 28.8 Å². The maximum absolute atomic E-state index is 11.6. The van der Waals surface area contributed by atoms with Gasteiger partial charge in [-0.3, -0.25) is 0 Å². The number of nitriles is 1. The highest BCUT2D eigenvalue weighted by molar-refractivity contribution is 6.33. The van der Waals surface area contributed by atoms with Crippen molar-refractivity contribution >= 4 is 29.3 Å². The van der Waals surface area contributed by atoms with E-state index in [9.17, 15) is 14.7 Å². The van der Waals surface area contributed by atoms with Gasteiger partial charge in [0.15, 0.2) is 6.04 Å². The quantitative estimate of drug-likeness (QED) is 0.664. The number of aliphatic hydroxyl groups is 1. The number of anilines is 1. The van der Waals surface area contributed by atoms with Gasteiger partial charge in [-0.1, -0.05) is 11.6 Å². The summed E-state index contributed by atoms with van der Waals surface area (Å²) >= 11 is 5.85. The molecule has 2 unspecified atom stereocenters. The number of carboxylic acid groups (broad SMARTS) is 1. The number of aliphatic hydroxyl groups excluding tert-OH is 1. The summed E-state index contributed by atoms with van der Waals surface area (Å²) in [5.74, 6) is -1.36. The smallest absolute Gasteiger partial charge is 0.328 e. The number of aliphatic carboxylic acids is 1. The van der Waals surface area contributed by atoms with E-state index in [0.717, 1.165) is 0 Å². The van der Waals surface area contributed by atoms with Crippen LogP contribution >= 0.6 is 11.6 Å². The van der Waals surface area contributed by atoms with E-state index in [1.54, 1.807) is 0 Å². The average Bonchev–Trinajstić information content (AvgIpc) is 2.37. The number of hydrogen-bond donors (Lipinski definition) is 4. The third kappa shape index (κ3) is 4.12. The maximum atomic E-state index is 11.6. The number of nitrogens with zero attached hydrogens (tertiary/aromatic N) is 1. The highest BCUT2D eigenvalue weighted by atomic mass is 35.5. The Labute approximate surface area is 119 Å². The maximum Gasteiger partial charge on any atom is 0.328 e. The Morgan fingerprint density at radius 2 is 2.10 bits per heavy atom. The van der Waals surface area contributed by atoms with Gasteiger partial charge in [0.05, 0.1) is 28.4 Å². The molecule has 1 aromatic rings. The minimum atomic E-state index is -1.44. The average molecular weight is 298 g/mol. The van der Waals surface area contributed by atoms with E-state index in [4.69, 9.17) is 22.0 Å². The number of hydrogen-bond acceptors (Lipinski definition) is 4. The van der Waals surface area contributed by atoms with Crippen molar-refractivity contribution < 1.29 is 19.8 Å².